The Hall–Kier alpha value is -3.62. The number of thiazole rings is 1. The van der Waals surface area contributed by atoms with Gasteiger partial charge in [0.15, 0.2) is 5.13 Å². The summed E-state index contributed by atoms with van der Waals surface area (Å²) in [6.07, 6.45) is -3.87. The molecule has 2 aliphatic heterocycles. The van der Waals surface area contributed by atoms with Crippen molar-refractivity contribution in [3.63, 3.8) is 0 Å². The first kappa shape index (κ1) is 37.6. The predicted octanol–water partition coefficient (Wildman–Crippen LogP) is 4.62. The molecule has 21 heteroatoms. The van der Waals surface area contributed by atoms with Crippen LogP contribution in [0.25, 0.3) is 0 Å². The van der Waals surface area contributed by atoms with Crippen molar-refractivity contribution >= 4 is 34.4 Å². The van der Waals surface area contributed by atoms with Crippen molar-refractivity contribution in [2.45, 2.75) is 62.8 Å². The van der Waals surface area contributed by atoms with E-state index in [-0.39, 0.29) is 0 Å². The minimum absolute atomic E-state index is 0.520. The Kier molecular flexibility index (Phi) is 13.0. The van der Waals surface area contributed by atoms with Crippen molar-refractivity contribution in [1.82, 2.24) is 19.7 Å². The summed E-state index contributed by atoms with van der Waals surface area (Å²) in [5.74, 6) is -6.49. The van der Waals surface area contributed by atoms with Crippen molar-refractivity contribution in [3.8, 4) is 0 Å². The number of piperidine rings is 1. The minimum atomic E-state index is -5.08. The van der Waals surface area contributed by atoms with Crippen LogP contribution in [0.2, 0.25) is 0 Å². The van der Waals surface area contributed by atoms with Crippen LogP contribution in [0.3, 0.4) is 0 Å². The van der Waals surface area contributed by atoms with E-state index in [1.54, 1.807) is 11.3 Å². The van der Waals surface area contributed by atoms with Crippen molar-refractivity contribution in [2.24, 2.45) is 11.8 Å². The summed E-state index contributed by atoms with van der Waals surface area (Å²) in [5, 5.41) is 29.1. The maximum Gasteiger partial charge on any atom is 0.490 e. The highest BCUT2D eigenvalue weighted by atomic mass is 32.1. The van der Waals surface area contributed by atoms with Gasteiger partial charge in [-0.05, 0) is 43.6 Å². The molecule has 45 heavy (non-hydrogen) atoms. The molecule has 5 rings (SSSR count). The molecule has 3 N–H and O–H groups in total. The number of carboxylic acids is 3. The molecule has 3 atom stereocenters. The topological polar surface area (TPSA) is 149 Å². The molecule has 0 bridgehead atoms. The fourth-order valence-corrected chi connectivity index (χ4v) is 5.46. The van der Waals surface area contributed by atoms with Gasteiger partial charge in [-0.2, -0.15) is 44.6 Å². The molecule has 0 unspecified atom stereocenters. The van der Waals surface area contributed by atoms with Gasteiger partial charge in [-0.15, -0.1) is 11.3 Å². The van der Waals surface area contributed by atoms with E-state index in [2.05, 4.69) is 36.1 Å². The number of anilines is 1. The first-order valence-electron chi connectivity index (χ1n) is 13.0. The molecule has 1 aliphatic carbocycles. The number of halogens is 9. The molecule has 0 radical (unpaired) electrons. The van der Waals surface area contributed by atoms with Crippen LogP contribution in [-0.2, 0) is 20.9 Å². The van der Waals surface area contributed by atoms with E-state index in [4.69, 9.17) is 29.7 Å². The van der Waals surface area contributed by atoms with Crippen LogP contribution >= 0.6 is 11.3 Å². The number of fused-ring (bicyclic) bond motifs is 1. The molecule has 1 saturated carbocycles. The molecule has 3 aliphatic rings. The second kappa shape index (κ2) is 15.6. The summed E-state index contributed by atoms with van der Waals surface area (Å²) in [5.41, 5.74) is 0. The Labute approximate surface area is 252 Å². The second-order valence-corrected chi connectivity index (χ2v) is 10.9. The number of hydrogen-bond donors (Lipinski definition) is 3. The lowest BCUT2D eigenvalue weighted by atomic mass is 9.92. The highest BCUT2D eigenvalue weighted by molar-refractivity contribution is 7.13. The highest BCUT2D eigenvalue weighted by Gasteiger charge is 2.45. The van der Waals surface area contributed by atoms with Crippen molar-refractivity contribution in [1.29, 1.82) is 0 Å². The molecule has 4 heterocycles. The number of alkyl halides is 9. The smallest absolute Gasteiger partial charge is 0.475 e. The quantitative estimate of drug-likeness (QED) is 0.381. The van der Waals surface area contributed by atoms with Crippen LogP contribution in [0.5, 0.6) is 0 Å². The molecular formula is C24H28F9N5O6S. The van der Waals surface area contributed by atoms with E-state index in [1.807, 2.05) is 18.5 Å². The summed E-state index contributed by atoms with van der Waals surface area (Å²) >= 11 is 1.79. The third kappa shape index (κ3) is 12.7. The normalized spacial score (nSPS) is 21.6. The number of carbonyl (C=O) groups is 3. The number of carboxylic acid groups (broad SMARTS) is 3. The van der Waals surface area contributed by atoms with Crippen molar-refractivity contribution < 1.29 is 69.2 Å². The zero-order chi connectivity index (χ0) is 34.2. The Morgan fingerprint density at radius 1 is 0.844 bits per heavy atom. The Balaban J connectivity index is 0.000000277. The molecule has 0 aromatic carbocycles. The van der Waals surface area contributed by atoms with Gasteiger partial charge >= 0.3 is 36.4 Å². The summed E-state index contributed by atoms with van der Waals surface area (Å²) in [6, 6.07) is 3.20. The average Bonchev–Trinajstić information content (AvgIpc) is 3.28. The third-order valence-electron chi connectivity index (χ3n) is 6.64. The molecular weight excluding hydrogens is 657 g/mol. The van der Waals surface area contributed by atoms with E-state index < -0.39 is 36.4 Å². The molecule has 0 amide bonds. The molecule has 2 aromatic heterocycles. The van der Waals surface area contributed by atoms with Crippen LogP contribution in [-0.4, -0.2) is 103 Å². The van der Waals surface area contributed by atoms with Crippen LogP contribution in [0.1, 0.15) is 25.7 Å². The fourth-order valence-electron chi connectivity index (χ4n) is 4.69. The lowest BCUT2D eigenvalue weighted by molar-refractivity contribution is -0.193. The van der Waals surface area contributed by atoms with Crippen molar-refractivity contribution in [2.75, 3.05) is 24.5 Å². The van der Waals surface area contributed by atoms with E-state index in [1.165, 1.54) is 50.4 Å². The lowest BCUT2D eigenvalue weighted by Gasteiger charge is -2.38. The van der Waals surface area contributed by atoms with Gasteiger partial charge in [0.2, 0.25) is 0 Å². The fraction of sp³-hybridized carbons (Fsp3) is 0.625. The van der Waals surface area contributed by atoms with Gasteiger partial charge in [0.1, 0.15) is 0 Å². The predicted molar refractivity (Wildman–Crippen MR) is 137 cm³/mol. The number of aromatic nitrogens is 3. The van der Waals surface area contributed by atoms with Crippen LogP contribution in [0.4, 0.5) is 44.6 Å². The van der Waals surface area contributed by atoms with Gasteiger partial charge in [-0.1, -0.05) is 0 Å². The number of rotatable bonds is 5. The van der Waals surface area contributed by atoms with Crippen LogP contribution < -0.4 is 4.90 Å². The number of hydrogen-bond acceptors (Lipinski definition) is 8. The van der Waals surface area contributed by atoms with Crippen LogP contribution in [0, 0.1) is 11.8 Å². The molecule has 3 fully saturated rings. The number of nitrogens with zero attached hydrogens (tertiary/aromatic N) is 5. The molecule has 2 aromatic rings. The Bertz CT molecular complexity index is 1160. The summed E-state index contributed by atoms with van der Waals surface area (Å²) in [7, 11) is 0. The molecule has 2 saturated heterocycles. The van der Waals surface area contributed by atoms with Gasteiger partial charge in [-0.25, -0.2) is 19.4 Å². The van der Waals surface area contributed by atoms with Crippen LogP contribution in [0.15, 0.2) is 30.0 Å². The first-order chi connectivity index (χ1) is 20.7. The van der Waals surface area contributed by atoms with Gasteiger partial charge < -0.3 is 25.1 Å². The highest BCUT2D eigenvalue weighted by Crippen LogP contribution is 2.41. The van der Waals surface area contributed by atoms with Gasteiger partial charge in [0.25, 0.3) is 0 Å². The number of aliphatic carboxylic acids is 3. The van der Waals surface area contributed by atoms with Gasteiger partial charge in [0, 0.05) is 49.6 Å². The first-order valence-corrected chi connectivity index (χ1v) is 13.9. The lowest BCUT2D eigenvalue weighted by Crippen LogP contribution is -2.47. The van der Waals surface area contributed by atoms with Gasteiger partial charge in [0.05, 0.1) is 12.6 Å². The molecule has 0 spiro atoms. The Morgan fingerprint density at radius 2 is 1.38 bits per heavy atom. The van der Waals surface area contributed by atoms with E-state index in [0.29, 0.717) is 12.1 Å². The maximum absolute atomic E-state index is 10.6. The molecule has 11 nitrogen and oxygen atoms in total. The zero-order valence-electron chi connectivity index (χ0n) is 23.0. The zero-order valence-corrected chi connectivity index (χ0v) is 23.8. The van der Waals surface area contributed by atoms with E-state index in [9.17, 15) is 39.5 Å². The van der Waals surface area contributed by atoms with E-state index in [0.717, 1.165) is 18.4 Å². The average molecular weight is 686 g/mol. The van der Waals surface area contributed by atoms with Gasteiger partial charge in [-0.3, -0.25) is 4.68 Å². The largest absolute Gasteiger partial charge is 0.490 e. The summed E-state index contributed by atoms with van der Waals surface area (Å²) in [6.45, 7) is 4.85. The SMILES string of the molecule is O=C(O)C(F)(F)F.O=C(O)C(F)(F)F.O=C(O)C(F)(F)F.c1cnn(C[C@@H]2C[C@@H]3CN(CC4CC4)CC[C@@H]3N2c2nccs2)c1. The Morgan fingerprint density at radius 3 is 1.78 bits per heavy atom. The summed E-state index contributed by atoms with van der Waals surface area (Å²) < 4.78 is 97.3. The molecule has 254 valence electrons. The maximum atomic E-state index is 10.6. The standard InChI is InChI=1S/C18H25N5S.3C2HF3O2/c1-5-20-22(7-1)13-16-10-15-12-21(11-14-2-3-14)8-4-17(15)23(16)18-19-6-9-24-18;3*3-2(4,5)1(6)7/h1,5-7,9,14-17H,2-4,8,10-13H2;3*(H,6,7)/t15-,16+,17+;;;/m1.../s1. The van der Waals surface area contributed by atoms with E-state index >= 15 is 0 Å². The third-order valence-corrected chi connectivity index (χ3v) is 7.43. The monoisotopic (exact) mass is 685 g/mol. The summed E-state index contributed by atoms with van der Waals surface area (Å²) in [4.78, 5) is 36.7. The number of likely N-dealkylation sites (tertiary alicyclic amines) is 1. The second-order valence-electron chi connectivity index (χ2n) is 10.1. The minimum Gasteiger partial charge on any atom is -0.475 e. The van der Waals surface area contributed by atoms with Crippen molar-refractivity contribution in [3.05, 3.63) is 30.0 Å².